The molecule has 0 aliphatic carbocycles. The van der Waals surface area contributed by atoms with E-state index >= 15 is 0 Å². The minimum Gasteiger partial charge on any atom is -0.361 e. The summed E-state index contributed by atoms with van der Waals surface area (Å²) in [5.74, 6) is 0.106. The molecule has 2 heterocycles. The second kappa shape index (κ2) is 6.97. The number of aromatic amines is 1. The number of hydrogen-bond acceptors (Lipinski definition) is 2. The van der Waals surface area contributed by atoms with Crippen molar-refractivity contribution in [3.63, 3.8) is 0 Å². The maximum absolute atomic E-state index is 12.4. The first-order valence-corrected chi connectivity index (χ1v) is 8.34. The maximum Gasteiger partial charge on any atom is 0.237 e. The Labute approximate surface area is 131 Å². The zero-order valence-corrected chi connectivity index (χ0v) is 13.3. The number of carbonyl (C=O) groups is 1. The molecule has 1 saturated heterocycles. The van der Waals surface area contributed by atoms with Crippen LogP contribution in [0.15, 0.2) is 30.5 Å². The van der Waals surface area contributed by atoms with Crippen LogP contribution >= 0.6 is 0 Å². The molecule has 0 saturated carbocycles. The number of rotatable bonds is 4. The van der Waals surface area contributed by atoms with Gasteiger partial charge in [-0.1, -0.05) is 38.0 Å². The van der Waals surface area contributed by atoms with Crippen LogP contribution in [0.4, 0.5) is 0 Å². The summed E-state index contributed by atoms with van der Waals surface area (Å²) in [7, 11) is 0. The fourth-order valence-electron chi connectivity index (χ4n) is 3.17. The largest absolute Gasteiger partial charge is 0.361 e. The second-order valence-electron chi connectivity index (χ2n) is 6.34. The molecular formula is C18H25N3O. The van der Waals surface area contributed by atoms with E-state index in [1.165, 1.54) is 36.6 Å². The number of fused-ring (bicyclic) bond motifs is 1. The number of nitrogens with zero attached hydrogens (tertiary/aromatic N) is 1. The van der Waals surface area contributed by atoms with Gasteiger partial charge in [-0.15, -0.1) is 0 Å². The molecule has 22 heavy (non-hydrogen) atoms. The molecule has 1 aliphatic heterocycles. The van der Waals surface area contributed by atoms with Gasteiger partial charge in [0.2, 0.25) is 5.91 Å². The molecule has 1 aromatic carbocycles. The summed E-state index contributed by atoms with van der Waals surface area (Å²) in [6.45, 7) is 3.96. The molecule has 118 valence electrons. The van der Waals surface area contributed by atoms with Crippen molar-refractivity contribution in [3.05, 3.63) is 36.0 Å². The van der Waals surface area contributed by atoms with E-state index in [0.717, 1.165) is 25.0 Å². The molecule has 1 aromatic heterocycles. The minimum absolute atomic E-state index is 0.0255. The van der Waals surface area contributed by atoms with Gasteiger partial charge in [-0.3, -0.25) is 10.2 Å². The van der Waals surface area contributed by atoms with E-state index in [1.807, 2.05) is 25.3 Å². The Hall–Kier alpha value is -1.81. The number of nitrogens with one attached hydrogen (secondary N) is 2. The van der Waals surface area contributed by atoms with E-state index in [1.54, 1.807) is 0 Å². The summed E-state index contributed by atoms with van der Waals surface area (Å²) >= 11 is 0. The van der Waals surface area contributed by atoms with Crippen LogP contribution in [-0.4, -0.2) is 29.0 Å². The Morgan fingerprint density at radius 1 is 1.23 bits per heavy atom. The van der Waals surface area contributed by atoms with E-state index in [9.17, 15) is 4.79 Å². The van der Waals surface area contributed by atoms with Gasteiger partial charge < -0.3 is 4.98 Å². The lowest BCUT2D eigenvalue weighted by atomic mass is 10.00. The van der Waals surface area contributed by atoms with Crippen molar-refractivity contribution < 1.29 is 4.79 Å². The number of aromatic nitrogens is 1. The van der Waals surface area contributed by atoms with E-state index in [4.69, 9.17) is 0 Å². The lowest BCUT2D eigenvalue weighted by Crippen LogP contribution is -2.45. The van der Waals surface area contributed by atoms with Crippen molar-refractivity contribution in [2.45, 2.75) is 39.0 Å². The van der Waals surface area contributed by atoms with Crippen molar-refractivity contribution in [2.75, 3.05) is 13.1 Å². The molecule has 0 spiro atoms. The van der Waals surface area contributed by atoms with Gasteiger partial charge in [0.25, 0.3) is 0 Å². The smallest absolute Gasteiger partial charge is 0.237 e. The van der Waals surface area contributed by atoms with Gasteiger partial charge in [0.15, 0.2) is 0 Å². The average Bonchev–Trinajstić information content (AvgIpc) is 2.75. The minimum atomic E-state index is -0.0255. The first kappa shape index (κ1) is 15.1. The van der Waals surface area contributed by atoms with Gasteiger partial charge >= 0.3 is 0 Å². The van der Waals surface area contributed by atoms with E-state index in [-0.39, 0.29) is 11.8 Å². The quantitative estimate of drug-likeness (QED) is 0.910. The van der Waals surface area contributed by atoms with Crippen molar-refractivity contribution in [1.82, 2.24) is 15.4 Å². The van der Waals surface area contributed by atoms with E-state index in [0.29, 0.717) is 0 Å². The van der Waals surface area contributed by atoms with Crippen molar-refractivity contribution in [3.8, 4) is 0 Å². The molecule has 4 nitrogen and oxygen atoms in total. The van der Waals surface area contributed by atoms with E-state index < -0.39 is 0 Å². The fraction of sp³-hybridized carbons (Fsp3) is 0.500. The van der Waals surface area contributed by atoms with Gasteiger partial charge in [0.1, 0.15) is 0 Å². The highest BCUT2D eigenvalue weighted by Crippen LogP contribution is 2.21. The topological polar surface area (TPSA) is 48.1 Å². The number of H-pyrrole nitrogens is 1. The first-order chi connectivity index (χ1) is 10.7. The van der Waals surface area contributed by atoms with Crippen LogP contribution in [0, 0.1) is 5.92 Å². The Bertz CT molecular complexity index is 626. The molecule has 0 radical (unpaired) electrons. The fourth-order valence-corrected chi connectivity index (χ4v) is 3.17. The standard InChI is InChI=1S/C18H25N3O/c1-14(18(22)20-21-10-6-2-3-7-11-21)12-15-13-19-17-9-5-4-8-16(15)17/h4-5,8-9,13-14,19H,2-3,6-7,10-12H2,1H3,(H,20,22). The summed E-state index contributed by atoms with van der Waals surface area (Å²) in [4.78, 5) is 15.7. The highest BCUT2D eigenvalue weighted by Gasteiger charge is 2.18. The maximum atomic E-state index is 12.4. The third-order valence-electron chi connectivity index (χ3n) is 4.52. The monoisotopic (exact) mass is 299 g/mol. The van der Waals surface area contributed by atoms with Crippen molar-refractivity contribution >= 4 is 16.8 Å². The van der Waals surface area contributed by atoms with Crippen LogP contribution < -0.4 is 5.43 Å². The zero-order chi connectivity index (χ0) is 15.4. The molecular weight excluding hydrogens is 274 g/mol. The lowest BCUT2D eigenvalue weighted by Gasteiger charge is -2.23. The Kier molecular flexibility index (Phi) is 4.78. The summed E-state index contributed by atoms with van der Waals surface area (Å²) in [6.07, 6.45) is 7.70. The molecule has 3 rings (SSSR count). The van der Waals surface area contributed by atoms with Gasteiger partial charge in [0.05, 0.1) is 0 Å². The summed E-state index contributed by atoms with van der Waals surface area (Å²) in [5, 5.41) is 3.32. The van der Waals surface area contributed by atoms with Gasteiger partial charge in [-0.25, -0.2) is 5.01 Å². The van der Waals surface area contributed by atoms with Crippen LogP contribution in [0.5, 0.6) is 0 Å². The number of amides is 1. The van der Waals surface area contributed by atoms with Gasteiger partial charge in [-0.05, 0) is 30.9 Å². The number of hydrogen-bond donors (Lipinski definition) is 2. The first-order valence-electron chi connectivity index (χ1n) is 8.34. The van der Waals surface area contributed by atoms with Crippen LogP contribution in [-0.2, 0) is 11.2 Å². The Balaban J connectivity index is 1.61. The highest BCUT2D eigenvalue weighted by molar-refractivity contribution is 5.84. The molecule has 0 bridgehead atoms. The summed E-state index contributed by atoms with van der Waals surface area (Å²) in [6, 6.07) is 8.25. The summed E-state index contributed by atoms with van der Waals surface area (Å²) in [5.41, 5.74) is 5.46. The van der Waals surface area contributed by atoms with Crippen LogP contribution in [0.3, 0.4) is 0 Å². The molecule has 1 unspecified atom stereocenters. The molecule has 4 heteroatoms. The molecule has 1 amide bonds. The molecule has 2 N–H and O–H groups in total. The van der Waals surface area contributed by atoms with Gasteiger partial charge in [-0.2, -0.15) is 0 Å². The van der Waals surface area contributed by atoms with Crippen molar-refractivity contribution in [1.29, 1.82) is 0 Å². The lowest BCUT2D eigenvalue weighted by molar-refractivity contribution is -0.129. The molecule has 1 aliphatic rings. The van der Waals surface area contributed by atoms with Crippen molar-refractivity contribution in [2.24, 2.45) is 5.92 Å². The summed E-state index contributed by atoms with van der Waals surface area (Å²) < 4.78 is 0. The Morgan fingerprint density at radius 2 is 1.95 bits per heavy atom. The zero-order valence-electron chi connectivity index (χ0n) is 13.3. The third-order valence-corrected chi connectivity index (χ3v) is 4.52. The number of benzene rings is 1. The Morgan fingerprint density at radius 3 is 2.73 bits per heavy atom. The van der Waals surface area contributed by atoms with Crippen LogP contribution in [0.25, 0.3) is 10.9 Å². The highest BCUT2D eigenvalue weighted by atomic mass is 16.2. The van der Waals surface area contributed by atoms with Gasteiger partial charge in [0, 0.05) is 36.1 Å². The van der Waals surface area contributed by atoms with Crippen LogP contribution in [0.1, 0.15) is 38.2 Å². The number of para-hydroxylation sites is 1. The number of hydrazine groups is 1. The second-order valence-corrected chi connectivity index (χ2v) is 6.34. The SMILES string of the molecule is CC(Cc1c[nH]c2ccccc12)C(=O)NN1CCCCCC1. The van der Waals surface area contributed by atoms with E-state index in [2.05, 4.69) is 27.6 Å². The normalized spacial score (nSPS) is 18.0. The average molecular weight is 299 g/mol. The third kappa shape index (κ3) is 3.50. The number of carbonyl (C=O) groups excluding carboxylic acids is 1. The molecule has 1 atom stereocenters. The van der Waals surface area contributed by atoms with Crippen LogP contribution in [0.2, 0.25) is 0 Å². The molecule has 2 aromatic rings. The molecule has 1 fully saturated rings. The predicted molar refractivity (Wildman–Crippen MR) is 89.4 cm³/mol. The predicted octanol–water partition coefficient (Wildman–Crippen LogP) is 3.25.